The first-order chi connectivity index (χ1) is 26.5. The van der Waals surface area contributed by atoms with Crippen molar-refractivity contribution in [1.82, 2.24) is 14.4 Å². The van der Waals surface area contributed by atoms with Crippen molar-refractivity contribution in [3.8, 4) is 11.1 Å². The zero-order valence-electron chi connectivity index (χ0n) is 34.2. The second-order valence-corrected chi connectivity index (χ2v) is 15.9. The molecule has 3 heterocycles. The summed E-state index contributed by atoms with van der Waals surface area (Å²) >= 11 is 0. The van der Waals surface area contributed by atoms with E-state index in [0.29, 0.717) is 22.1 Å². The number of benzene rings is 4. The Bertz CT molecular complexity index is 2630. The number of carbonyl (C=O) groups is 1. The van der Waals surface area contributed by atoms with Gasteiger partial charge in [-0.3, -0.25) is 9.78 Å². The molecular weight excluding hydrogens is 900 g/mol. The average molecular weight is 951 g/mol. The summed E-state index contributed by atoms with van der Waals surface area (Å²) < 4.78 is 43.6. The van der Waals surface area contributed by atoms with Crippen molar-refractivity contribution in [1.29, 1.82) is 0 Å². The van der Waals surface area contributed by atoms with Crippen molar-refractivity contribution in [3.63, 3.8) is 0 Å². The van der Waals surface area contributed by atoms with Crippen LogP contribution in [0, 0.1) is 31.7 Å². The maximum absolute atomic E-state index is 13.9. The van der Waals surface area contributed by atoms with Crippen LogP contribution < -0.4 is 0 Å². The minimum atomic E-state index is -4.53. The molecule has 0 fully saturated rings. The first-order valence-electron chi connectivity index (χ1n) is 19.6. The van der Waals surface area contributed by atoms with Crippen LogP contribution in [-0.4, -0.2) is 25.3 Å². The number of aliphatic hydroxyl groups is 1. The molecule has 0 bridgehead atoms. The summed E-state index contributed by atoms with van der Waals surface area (Å²) in [6.07, 6.45) is 1.29. The van der Waals surface area contributed by atoms with Crippen molar-refractivity contribution in [2.24, 2.45) is 11.8 Å². The molecule has 57 heavy (non-hydrogen) atoms. The molecule has 9 heteroatoms. The molecule has 0 spiro atoms. The van der Waals surface area contributed by atoms with Gasteiger partial charge >= 0.3 is 6.18 Å². The van der Waals surface area contributed by atoms with Crippen LogP contribution in [0.15, 0.2) is 84.8 Å². The number of carbonyl (C=O) groups excluding carboxylic acids is 1. The number of nitrogens with zero attached hydrogens (tertiary/aromatic N) is 3. The van der Waals surface area contributed by atoms with Crippen LogP contribution in [0.25, 0.3) is 60.4 Å². The topological polar surface area (TPSA) is 67.5 Å². The van der Waals surface area contributed by atoms with Gasteiger partial charge in [-0.2, -0.15) is 13.2 Å². The Morgan fingerprint density at radius 1 is 0.825 bits per heavy atom. The molecule has 5 nitrogen and oxygen atoms in total. The van der Waals surface area contributed by atoms with Gasteiger partial charge in [-0.15, -0.1) is 23.6 Å². The number of allylic oxidation sites excluding steroid dienone is 2. The van der Waals surface area contributed by atoms with Crippen molar-refractivity contribution < 1.29 is 43.2 Å². The number of fused-ring (bicyclic) bond motifs is 9. The van der Waals surface area contributed by atoms with Gasteiger partial charge in [0.05, 0.1) is 22.4 Å². The van der Waals surface area contributed by atoms with Crippen LogP contribution in [0.2, 0.25) is 0 Å². The Morgan fingerprint density at radius 3 is 2.09 bits per heavy atom. The normalized spacial score (nSPS) is 12.6. The summed E-state index contributed by atoms with van der Waals surface area (Å²) in [4.78, 5) is 21.1. The molecule has 0 unspecified atom stereocenters. The van der Waals surface area contributed by atoms with E-state index < -0.39 is 11.7 Å². The summed E-state index contributed by atoms with van der Waals surface area (Å²) in [5, 5.41) is 13.1. The van der Waals surface area contributed by atoms with E-state index in [-0.39, 0.29) is 48.9 Å². The number of pyridine rings is 2. The fourth-order valence-corrected chi connectivity index (χ4v) is 7.66. The van der Waals surface area contributed by atoms with Gasteiger partial charge in [-0.25, -0.2) is 4.98 Å². The molecule has 301 valence electrons. The standard InChI is InChI=1S/C35H27F3N3.C13H24O2.Ir/c1-19-13-24(34(3,4)5)10-11-26(19)23-12-20(2)31-29(16-23)41-30-17-25(35(36,37)38)18-39-32(30)27-14-21-8-6-7-9-22(21)15-28(27)33(41)40-31;1-5-10(6-2)12(14)9-13(15)11(7-3)8-4;/h6-13,15-18H,1-5H3;9-11,14H,5-8H2,1-4H3;/q-1;;/b;12-9-;. The van der Waals surface area contributed by atoms with Crippen molar-refractivity contribution >= 4 is 55.0 Å². The number of rotatable bonds is 8. The van der Waals surface area contributed by atoms with E-state index in [9.17, 15) is 23.1 Å². The van der Waals surface area contributed by atoms with Gasteiger partial charge in [-0.1, -0.05) is 95.6 Å². The van der Waals surface area contributed by atoms with Gasteiger partial charge in [0, 0.05) is 55.2 Å². The quantitative estimate of drug-likeness (QED) is 0.0542. The number of hydrogen-bond donors (Lipinski definition) is 1. The average Bonchev–Trinajstić information content (AvgIpc) is 3.55. The largest absolute Gasteiger partial charge is 0.512 e. The molecule has 1 N–H and O–H groups in total. The smallest absolute Gasteiger partial charge is 0.417 e. The second-order valence-electron chi connectivity index (χ2n) is 15.9. The minimum absolute atomic E-state index is 0. The summed E-state index contributed by atoms with van der Waals surface area (Å²) in [6, 6.07) is 25.1. The number of halogens is 3. The van der Waals surface area contributed by atoms with Crippen molar-refractivity contribution in [3.05, 3.63) is 113 Å². The predicted octanol–water partition coefficient (Wildman–Crippen LogP) is 13.6. The number of aryl methyl sites for hydroxylation is 2. The molecule has 0 aliphatic heterocycles. The first-order valence-corrected chi connectivity index (χ1v) is 19.6. The third kappa shape index (κ3) is 8.66. The van der Waals surface area contributed by atoms with Crippen LogP contribution in [0.3, 0.4) is 0 Å². The van der Waals surface area contributed by atoms with E-state index in [2.05, 4.69) is 63.0 Å². The van der Waals surface area contributed by atoms with Gasteiger partial charge in [-0.05, 0) is 96.3 Å². The third-order valence-electron chi connectivity index (χ3n) is 11.1. The van der Waals surface area contributed by atoms with Crippen LogP contribution in [0.1, 0.15) is 96.4 Å². The van der Waals surface area contributed by atoms with Gasteiger partial charge < -0.3 is 9.51 Å². The Morgan fingerprint density at radius 2 is 1.47 bits per heavy atom. The molecular formula is C48H51F3IrN3O2-. The SMILES string of the molecule is CCC(CC)C(=O)/C=C(\O)C(CC)CC.Cc1cc(C(C)(C)C)ccc1-c1cc(C)c2nc3c4cc5ccccc5[c-]c4c4ncc(C(F)(F)F)cc4n3c2c1.[Ir]. The minimum Gasteiger partial charge on any atom is -0.512 e. The summed E-state index contributed by atoms with van der Waals surface area (Å²) in [5.74, 6) is 0.547. The van der Waals surface area contributed by atoms with E-state index in [4.69, 9.17) is 4.98 Å². The molecule has 1 radical (unpaired) electrons. The van der Waals surface area contributed by atoms with E-state index in [1.54, 1.807) is 0 Å². The maximum Gasteiger partial charge on any atom is 0.417 e. The third-order valence-corrected chi connectivity index (χ3v) is 11.1. The number of aromatic nitrogens is 3. The number of aliphatic hydroxyl groups excluding tert-OH is 1. The van der Waals surface area contributed by atoms with Crippen LogP contribution in [-0.2, 0) is 36.5 Å². The Balaban J connectivity index is 0.000000333. The summed E-state index contributed by atoms with van der Waals surface area (Å²) in [5.41, 5.74) is 7.53. The molecule has 0 saturated heterocycles. The molecule has 0 saturated carbocycles. The molecule has 7 rings (SSSR count). The van der Waals surface area contributed by atoms with Crippen LogP contribution >= 0.6 is 0 Å². The molecule has 0 aliphatic rings. The fourth-order valence-electron chi connectivity index (χ4n) is 7.66. The fraction of sp³-hybridized carbons (Fsp3) is 0.354. The number of ketones is 1. The summed E-state index contributed by atoms with van der Waals surface area (Å²) in [6.45, 7) is 18.7. The van der Waals surface area contributed by atoms with Gasteiger partial charge in [0.25, 0.3) is 0 Å². The van der Waals surface area contributed by atoms with E-state index in [1.165, 1.54) is 17.7 Å². The van der Waals surface area contributed by atoms with Crippen molar-refractivity contribution in [2.75, 3.05) is 0 Å². The van der Waals surface area contributed by atoms with Gasteiger partial charge in [0.1, 0.15) is 5.65 Å². The molecule has 7 aromatic rings. The molecule has 0 aliphatic carbocycles. The van der Waals surface area contributed by atoms with E-state index in [1.807, 2.05) is 75.4 Å². The monoisotopic (exact) mass is 951 g/mol. The predicted molar refractivity (Wildman–Crippen MR) is 224 cm³/mol. The molecule has 3 aromatic heterocycles. The zero-order valence-corrected chi connectivity index (χ0v) is 36.5. The Kier molecular flexibility index (Phi) is 13.1. The van der Waals surface area contributed by atoms with Crippen LogP contribution in [0.5, 0.6) is 0 Å². The van der Waals surface area contributed by atoms with Crippen LogP contribution in [0.4, 0.5) is 13.2 Å². The number of hydrogen-bond acceptors (Lipinski definition) is 4. The molecule has 0 amide bonds. The maximum atomic E-state index is 13.9. The molecule has 4 aromatic carbocycles. The Labute approximate surface area is 346 Å². The first kappa shape index (κ1) is 43.5. The van der Waals surface area contributed by atoms with Gasteiger partial charge in [0.15, 0.2) is 5.78 Å². The van der Waals surface area contributed by atoms with E-state index in [0.717, 1.165) is 81.3 Å². The summed E-state index contributed by atoms with van der Waals surface area (Å²) in [7, 11) is 0. The van der Waals surface area contributed by atoms with Crippen molar-refractivity contribution in [2.45, 2.75) is 99.6 Å². The van der Waals surface area contributed by atoms with Gasteiger partial charge in [0.2, 0.25) is 0 Å². The number of imidazole rings is 1. The zero-order chi connectivity index (χ0) is 40.7. The molecule has 0 atom stereocenters. The second kappa shape index (κ2) is 17.1. The Hall–Kier alpha value is -4.59. The van der Waals surface area contributed by atoms with E-state index >= 15 is 0 Å². The number of alkyl halides is 3.